The van der Waals surface area contributed by atoms with E-state index in [1.165, 1.54) is 26.0 Å². The van der Waals surface area contributed by atoms with Crippen molar-refractivity contribution in [2.75, 3.05) is 27.2 Å². The third kappa shape index (κ3) is 3.55. The van der Waals surface area contributed by atoms with Crippen LogP contribution in [-0.4, -0.2) is 44.2 Å². The summed E-state index contributed by atoms with van der Waals surface area (Å²) in [5.74, 6) is -0.289. The molecule has 0 amide bonds. The van der Waals surface area contributed by atoms with Crippen LogP contribution in [0.2, 0.25) is 0 Å². The van der Waals surface area contributed by atoms with Gasteiger partial charge in [-0.15, -0.1) is 0 Å². The van der Waals surface area contributed by atoms with Crippen LogP contribution < -0.4 is 5.32 Å². The van der Waals surface area contributed by atoms with E-state index in [9.17, 15) is 4.79 Å². The van der Waals surface area contributed by atoms with E-state index < -0.39 is 0 Å². The van der Waals surface area contributed by atoms with Gasteiger partial charge in [0.1, 0.15) is 0 Å². The van der Waals surface area contributed by atoms with Crippen LogP contribution in [-0.2, 0) is 9.53 Å². The highest BCUT2D eigenvalue weighted by molar-refractivity contribution is 5.82. The van der Waals surface area contributed by atoms with Crippen LogP contribution in [0, 0.1) is 0 Å². The normalized spacial score (nSPS) is 22.3. The molecule has 0 saturated carbocycles. The van der Waals surface area contributed by atoms with Crippen molar-refractivity contribution < 1.29 is 9.53 Å². The molecular weight excluding hydrogens is 192 g/mol. The molecule has 15 heavy (non-hydrogen) atoms. The van der Waals surface area contributed by atoms with Crippen molar-refractivity contribution in [1.82, 2.24) is 10.2 Å². The maximum atomic E-state index is 11.1. The van der Waals surface area contributed by atoms with Crippen LogP contribution in [0.15, 0.2) is 11.8 Å². The molecule has 1 rings (SSSR count). The summed E-state index contributed by atoms with van der Waals surface area (Å²) < 4.78 is 4.60. The van der Waals surface area contributed by atoms with Crippen LogP contribution in [0.25, 0.3) is 0 Å². The highest BCUT2D eigenvalue weighted by Gasteiger charge is 2.18. The first-order valence-corrected chi connectivity index (χ1v) is 5.35. The molecule has 0 aromatic rings. The number of methoxy groups -OCH3 is 1. The van der Waals surface area contributed by atoms with Gasteiger partial charge in [-0.2, -0.15) is 0 Å². The number of likely N-dealkylation sites (N-methyl/N-ethyl adjacent to an activating group) is 1. The topological polar surface area (TPSA) is 41.6 Å². The smallest absolute Gasteiger partial charge is 0.332 e. The number of nitrogens with zero attached hydrogens (tertiary/aromatic N) is 1. The summed E-state index contributed by atoms with van der Waals surface area (Å²) in [6.45, 7) is 4.03. The van der Waals surface area contributed by atoms with E-state index in [-0.39, 0.29) is 5.97 Å². The lowest BCUT2D eigenvalue weighted by Crippen LogP contribution is -2.43. The quantitative estimate of drug-likeness (QED) is 0.553. The number of rotatable bonds is 3. The molecule has 1 unspecified atom stereocenters. The average Bonchev–Trinajstić information content (AvgIpc) is 2.29. The molecule has 1 aliphatic rings. The molecule has 0 spiro atoms. The molecule has 1 N–H and O–H groups in total. The molecule has 1 fully saturated rings. The van der Waals surface area contributed by atoms with Gasteiger partial charge in [0.2, 0.25) is 0 Å². The molecule has 1 heterocycles. The lowest BCUT2D eigenvalue weighted by Gasteiger charge is -2.33. The van der Waals surface area contributed by atoms with E-state index >= 15 is 0 Å². The van der Waals surface area contributed by atoms with Crippen LogP contribution >= 0.6 is 0 Å². The second kappa shape index (κ2) is 5.75. The van der Waals surface area contributed by atoms with Gasteiger partial charge < -0.3 is 15.0 Å². The standard InChI is InChI=1S/C11H20N2O2/c1-9(7-11(14)15-3)13(2)10-5-4-6-12-8-10/h7,10,12H,4-6,8H2,1-3H3. The van der Waals surface area contributed by atoms with Crippen molar-refractivity contribution in [3.05, 3.63) is 11.8 Å². The fourth-order valence-corrected chi connectivity index (χ4v) is 1.78. The number of esters is 1. The van der Waals surface area contributed by atoms with Gasteiger partial charge in [0, 0.05) is 31.4 Å². The van der Waals surface area contributed by atoms with E-state index in [0.717, 1.165) is 18.8 Å². The SMILES string of the molecule is COC(=O)C=C(C)N(C)C1CCCNC1. The zero-order valence-electron chi connectivity index (χ0n) is 9.75. The molecule has 0 bridgehead atoms. The number of carbonyl (C=O) groups is 1. The van der Waals surface area contributed by atoms with E-state index in [1.807, 2.05) is 14.0 Å². The Hall–Kier alpha value is -1.03. The summed E-state index contributed by atoms with van der Waals surface area (Å²) in [5.41, 5.74) is 0.954. The first-order chi connectivity index (χ1) is 7.15. The van der Waals surface area contributed by atoms with Crippen molar-refractivity contribution in [2.24, 2.45) is 0 Å². The van der Waals surface area contributed by atoms with Crippen molar-refractivity contribution >= 4 is 5.97 Å². The van der Waals surface area contributed by atoms with E-state index in [1.54, 1.807) is 0 Å². The molecule has 0 aromatic carbocycles. The number of nitrogens with one attached hydrogen (secondary N) is 1. The van der Waals surface area contributed by atoms with Crippen molar-refractivity contribution in [3.63, 3.8) is 0 Å². The van der Waals surface area contributed by atoms with Gasteiger partial charge >= 0.3 is 5.97 Å². The van der Waals surface area contributed by atoms with E-state index in [0.29, 0.717) is 6.04 Å². The summed E-state index contributed by atoms with van der Waals surface area (Å²) in [6.07, 6.45) is 3.91. The molecule has 4 heteroatoms. The number of hydrogen-bond acceptors (Lipinski definition) is 4. The molecule has 1 atom stereocenters. The van der Waals surface area contributed by atoms with Crippen LogP contribution in [0.5, 0.6) is 0 Å². The maximum absolute atomic E-state index is 11.1. The minimum Gasteiger partial charge on any atom is -0.466 e. The van der Waals surface area contributed by atoms with Gasteiger partial charge in [0.15, 0.2) is 0 Å². The summed E-state index contributed by atoms with van der Waals surface area (Å²) in [5, 5.41) is 3.35. The summed E-state index contributed by atoms with van der Waals surface area (Å²) in [4.78, 5) is 13.2. The van der Waals surface area contributed by atoms with Crippen molar-refractivity contribution in [2.45, 2.75) is 25.8 Å². The Morgan fingerprint density at radius 2 is 2.33 bits per heavy atom. The molecule has 0 aliphatic carbocycles. The Labute approximate surface area is 91.3 Å². The van der Waals surface area contributed by atoms with Crippen LogP contribution in [0.4, 0.5) is 0 Å². The second-order valence-electron chi connectivity index (χ2n) is 3.92. The fourth-order valence-electron chi connectivity index (χ4n) is 1.78. The second-order valence-corrected chi connectivity index (χ2v) is 3.92. The van der Waals surface area contributed by atoms with Gasteiger partial charge in [-0.05, 0) is 26.3 Å². The molecule has 4 nitrogen and oxygen atoms in total. The predicted octanol–water partition coefficient (Wildman–Crippen LogP) is 0.747. The number of carbonyl (C=O) groups excluding carboxylic acids is 1. The number of ether oxygens (including phenoxy) is 1. The lowest BCUT2D eigenvalue weighted by atomic mass is 10.1. The average molecular weight is 212 g/mol. The minimum atomic E-state index is -0.289. The molecule has 0 radical (unpaired) electrons. The van der Waals surface area contributed by atoms with Gasteiger partial charge in [0.05, 0.1) is 7.11 Å². The Morgan fingerprint density at radius 3 is 2.87 bits per heavy atom. The van der Waals surface area contributed by atoms with Gasteiger partial charge in [-0.1, -0.05) is 0 Å². The first-order valence-electron chi connectivity index (χ1n) is 5.35. The Bertz CT molecular complexity index is 245. The summed E-state index contributed by atoms with van der Waals surface area (Å²) in [7, 11) is 3.42. The zero-order valence-corrected chi connectivity index (χ0v) is 9.75. The monoisotopic (exact) mass is 212 g/mol. The predicted molar refractivity (Wildman–Crippen MR) is 59.4 cm³/mol. The summed E-state index contributed by atoms with van der Waals surface area (Å²) >= 11 is 0. The van der Waals surface area contributed by atoms with Gasteiger partial charge in [-0.3, -0.25) is 0 Å². The Morgan fingerprint density at radius 1 is 1.60 bits per heavy atom. The zero-order chi connectivity index (χ0) is 11.3. The number of piperidine rings is 1. The largest absolute Gasteiger partial charge is 0.466 e. The highest BCUT2D eigenvalue weighted by Crippen LogP contribution is 2.13. The highest BCUT2D eigenvalue weighted by atomic mass is 16.5. The Kier molecular flexibility index (Phi) is 4.62. The molecule has 86 valence electrons. The maximum Gasteiger partial charge on any atom is 0.332 e. The third-order valence-corrected chi connectivity index (χ3v) is 2.90. The van der Waals surface area contributed by atoms with E-state index in [2.05, 4.69) is 15.0 Å². The molecular formula is C11H20N2O2. The third-order valence-electron chi connectivity index (χ3n) is 2.90. The number of allylic oxidation sites excluding steroid dienone is 1. The van der Waals surface area contributed by atoms with Crippen LogP contribution in [0.3, 0.4) is 0 Å². The van der Waals surface area contributed by atoms with Crippen molar-refractivity contribution in [1.29, 1.82) is 0 Å². The molecule has 0 aromatic heterocycles. The molecule has 1 aliphatic heterocycles. The number of hydrogen-bond donors (Lipinski definition) is 1. The van der Waals surface area contributed by atoms with Gasteiger partial charge in [0.25, 0.3) is 0 Å². The summed E-state index contributed by atoms with van der Waals surface area (Å²) in [6, 6.07) is 0.486. The lowest BCUT2D eigenvalue weighted by molar-refractivity contribution is -0.135. The van der Waals surface area contributed by atoms with Crippen LogP contribution in [0.1, 0.15) is 19.8 Å². The van der Waals surface area contributed by atoms with Crippen molar-refractivity contribution in [3.8, 4) is 0 Å². The first kappa shape index (κ1) is 12.0. The Balaban J connectivity index is 2.53. The fraction of sp³-hybridized carbons (Fsp3) is 0.727. The minimum absolute atomic E-state index is 0.289. The van der Waals surface area contributed by atoms with Gasteiger partial charge in [-0.25, -0.2) is 4.79 Å². The van der Waals surface area contributed by atoms with E-state index in [4.69, 9.17) is 0 Å². The molecule has 1 saturated heterocycles.